The van der Waals surface area contributed by atoms with E-state index in [1.165, 1.54) is 48.9 Å². The monoisotopic (exact) mass is 372 g/mol. The van der Waals surface area contributed by atoms with Crippen molar-refractivity contribution in [3.05, 3.63) is 35.4 Å². The first-order valence-corrected chi connectivity index (χ1v) is 11.2. The Kier molecular flexibility index (Phi) is 6.89. The van der Waals surface area contributed by atoms with Crippen molar-refractivity contribution in [2.45, 2.75) is 86.0 Å². The van der Waals surface area contributed by atoms with E-state index < -0.39 is 0 Å². The first-order valence-electron chi connectivity index (χ1n) is 11.2. The van der Waals surface area contributed by atoms with Gasteiger partial charge >= 0.3 is 0 Å². The molecule has 1 aliphatic heterocycles. The second-order valence-corrected chi connectivity index (χ2v) is 12.2. The lowest BCUT2D eigenvalue weighted by atomic mass is 9.78. The van der Waals surface area contributed by atoms with Crippen molar-refractivity contribution in [3.63, 3.8) is 0 Å². The maximum Gasteiger partial charge on any atom is 0.0816 e. The second-order valence-electron chi connectivity index (χ2n) is 12.2. The van der Waals surface area contributed by atoms with Crippen LogP contribution in [0.4, 0.5) is 0 Å². The summed E-state index contributed by atoms with van der Waals surface area (Å²) in [4.78, 5) is 0. The molecule has 0 amide bonds. The Morgan fingerprint density at radius 1 is 1.04 bits per heavy atom. The van der Waals surface area contributed by atoms with Crippen molar-refractivity contribution in [2.24, 2.45) is 17.3 Å². The normalized spacial score (nSPS) is 28.2. The number of hydrogen-bond donors (Lipinski definition) is 0. The molecule has 0 bridgehead atoms. The molecule has 1 aromatic carbocycles. The van der Waals surface area contributed by atoms with Crippen molar-refractivity contribution in [1.29, 1.82) is 0 Å². The number of benzene rings is 1. The minimum absolute atomic E-state index is 0.246. The minimum atomic E-state index is 0.246. The average Bonchev–Trinajstić information content (AvgIpc) is 2.51. The molecule has 0 saturated carbocycles. The standard InChI is InChI=1S/C26H46N/c1-20(18-25(3,4)5)14-16-27(9)17-15-24(21(2)19-27)22-10-12-23(13-11-22)26(6,7)8/h10-13,20-21,24H,14-19H2,1-9H3/q+1. The van der Waals surface area contributed by atoms with Crippen LogP contribution >= 0.6 is 0 Å². The van der Waals surface area contributed by atoms with Gasteiger partial charge in [-0.05, 0) is 46.6 Å². The predicted octanol–water partition coefficient (Wildman–Crippen LogP) is 7.02. The summed E-state index contributed by atoms with van der Waals surface area (Å²) in [7, 11) is 2.50. The molecule has 0 spiro atoms. The Labute approximate surface area is 170 Å². The summed E-state index contributed by atoms with van der Waals surface area (Å²) in [6.07, 6.45) is 4.04. The lowest BCUT2D eigenvalue weighted by Gasteiger charge is -2.45. The van der Waals surface area contributed by atoms with E-state index in [-0.39, 0.29) is 5.41 Å². The molecule has 1 nitrogen and oxygen atoms in total. The molecule has 4 unspecified atom stereocenters. The van der Waals surface area contributed by atoms with Gasteiger partial charge in [0.25, 0.3) is 0 Å². The summed E-state index contributed by atoms with van der Waals surface area (Å²) in [5, 5.41) is 0. The SMILES string of the molecule is CC(CC[N+]1(C)CCC(c2ccc(C(C)(C)C)cc2)C(C)C1)CC(C)(C)C. The van der Waals surface area contributed by atoms with Gasteiger partial charge in [-0.2, -0.15) is 0 Å². The smallest absolute Gasteiger partial charge is 0.0816 e. The van der Waals surface area contributed by atoms with Crippen molar-refractivity contribution in [3.8, 4) is 0 Å². The third kappa shape index (κ3) is 6.63. The molecule has 1 heteroatoms. The van der Waals surface area contributed by atoms with E-state index in [1.54, 1.807) is 5.56 Å². The van der Waals surface area contributed by atoms with Gasteiger partial charge in [0.15, 0.2) is 0 Å². The quantitative estimate of drug-likeness (QED) is 0.487. The van der Waals surface area contributed by atoms with Crippen molar-refractivity contribution < 1.29 is 4.48 Å². The number of rotatable bonds is 5. The zero-order valence-electron chi connectivity index (χ0n) is 19.7. The van der Waals surface area contributed by atoms with Crippen LogP contribution in [0.1, 0.15) is 91.7 Å². The highest BCUT2D eigenvalue weighted by Crippen LogP contribution is 2.37. The molecule has 1 saturated heterocycles. The van der Waals surface area contributed by atoms with Gasteiger partial charge in [-0.25, -0.2) is 0 Å². The highest BCUT2D eigenvalue weighted by atomic mass is 15.3. The Bertz CT molecular complexity index is 586. The van der Waals surface area contributed by atoms with Crippen LogP contribution in [0.25, 0.3) is 0 Å². The van der Waals surface area contributed by atoms with E-state index in [1.807, 2.05) is 0 Å². The van der Waals surface area contributed by atoms with Crippen LogP contribution in [0, 0.1) is 17.3 Å². The van der Waals surface area contributed by atoms with Crippen molar-refractivity contribution in [2.75, 3.05) is 26.7 Å². The van der Waals surface area contributed by atoms with E-state index in [2.05, 4.69) is 86.7 Å². The van der Waals surface area contributed by atoms with Crippen LogP contribution < -0.4 is 0 Å². The lowest BCUT2D eigenvalue weighted by Crippen LogP contribution is -2.53. The highest BCUT2D eigenvalue weighted by Gasteiger charge is 2.36. The fraction of sp³-hybridized carbons (Fsp3) is 0.769. The largest absolute Gasteiger partial charge is 0.326 e. The molecule has 1 aliphatic rings. The van der Waals surface area contributed by atoms with Gasteiger partial charge < -0.3 is 4.48 Å². The second kappa shape index (κ2) is 8.27. The van der Waals surface area contributed by atoms with Gasteiger partial charge in [-0.1, -0.05) is 79.7 Å². The van der Waals surface area contributed by atoms with E-state index >= 15 is 0 Å². The molecular formula is C26H46N+. The van der Waals surface area contributed by atoms with E-state index in [9.17, 15) is 0 Å². The molecule has 1 fully saturated rings. The van der Waals surface area contributed by atoms with Gasteiger partial charge in [0.2, 0.25) is 0 Å². The van der Waals surface area contributed by atoms with Crippen molar-refractivity contribution in [1.82, 2.24) is 0 Å². The molecule has 2 rings (SSSR count). The number of hydrogen-bond acceptors (Lipinski definition) is 0. The Morgan fingerprint density at radius 2 is 1.63 bits per heavy atom. The van der Waals surface area contributed by atoms with Crippen LogP contribution in [-0.2, 0) is 5.41 Å². The van der Waals surface area contributed by atoms with Crippen LogP contribution in [0.15, 0.2) is 24.3 Å². The third-order valence-electron chi connectivity index (χ3n) is 6.72. The van der Waals surface area contributed by atoms with Crippen LogP contribution in [0.2, 0.25) is 0 Å². The maximum absolute atomic E-state index is 2.50. The number of piperidine rings is 1. The molecular weight excluding hydrogens is 326 g/mol. The zero-order chi connectivity index (χ0) is 20.5. The minimum Gasteiger partial charge on any atom is -0.326 e. The van der Waals surface area contributed by atoms with Crippen LogP contribution in [0.5, 0.6) is 0 Å². The highest BCUT2D eigenvalue weighted by molar-refractivity contribution is 5.30. The fourth-order valence-corrected chi connectivity index (χ4v) is 5.26. The van der Waals surface area contributed by atoms with Gasteiger partial charge in [-0.15, -0.1) is 0 Å². The lowest BCUT2D eigenvalue weighted by molar-refractivity contribution is -0.918. The zero-order valence-corrected chi connectivity index (χ0v) is 19.7. The average molecular weight is 373 g/mol. The Morgan fingerprint density at radius 3 is 2.11 bits per heavy atom. The van der Waals surface area contributed by atoms with Gasteiger partial charge in [0.05, 0.1) is 26.7 Å². The summed E-state index contributed by atoms with van der Waals surface area (Å²) < 4.78 is 1.27. The van der Waals surface area contributed by atoms with Crippen LogP contribution in [0.3, 0.4) is 0 Å². The maximum atomic E-state index is 2.50. The van der Waals surface area contributed by atoms with Crippen LogP contribution in [-0.4, -0.2) is 31.2 Å². The number of nitrogens with zero attached hydrogens (tertiary/aromatic N) is 1. The van der Waals surface area contributed by atoms with Gasteiger partial charge in [0, 0.05) is 12.3 Å². The molecule has 154 valence electrons. The fourth-order valence-electron chi connectivity index (χ4n) is 5.26. The first kappa shape index (κ1) is 22.5. The summed E-state index contributed by atoms with van der Waals surface area (Å²) in [6, 6.07) is 9.53. The Balaban J connectivity index is 1.94. The van der Waals surface area contributed by atoms with Crippen molar-refractivity contribution >= 4 is 0 Å². The third-order valence-corrected chi connectivity index (χ3v) is 6.72. The summed E-state index contributed by atoms with van der Waals surface area (Å²) >= 11 is 0. The molecule has 0 aromatic heterocycles. The summed E-state index contributed by atoms with van der Waals surface area (Å²) in [5.41, 5.74) is 3.71. The molecule has 4 atom stereocenters. The molecule has 0 radical (unpaired) electrons. The van der Waals surface area contributed by atoms with Gasteiger partial charge in [-0.3, -0.25) is 0 Å². The molecule has 1 aromatic rings. The number of quaternary nitrogens is 1. The van der Waals surface area contributed by atoms with E-state index in [4.69, 9.17) is 0 Å². The summed E-state index contributed by atoms with van der Waals surface area (Å²) in [6.45, 7) is 23.0. The molecule has 27 heavy (non-hydrogen) atoms. The summed E-state index contributed by atoms with van der Waals surface area (Å²) in [5.74, 6) is 2.33. The molecule has 0 aliphatic carbocycles. The first-order chi connectivity index (χ1) is 12.3. The molecule has 0 N–H and O–H groups in total. The predicted molar refractivity (Wildman–Crippen MR) is 120 cm³/mol. The Hall–Kier alpha value is -0.820. The van der Waals surface area contributed by atoms with Gasteiger partial charge in [0.1, 0.15) is 0 Å². The topological polar surface area (TPSA) is 0 Å². The molecule has 1 heterocycles. The van der Waals surface area contributed by atoms with E-state index in [0.717, 1.165) is 17.8 Å². The number of likely N-dealkylation sites (tertiary alicyclic amines) is 1. The van der Waals surface area contributed by atoms with E-state index in [0.29, 0.717) is 5.41 Å².